The summed E-state index contributed by atoms with van der Waals surface area (Å²) in [7, 11) is 3.06. The number of nitrogens with two attached hydrogens (primary N) is 1. The van der Waals surface area contributed by atoms with E-state index in [9.17, 15) is 10.1 Å². The summed E-state index contributed by atoms with van der Waals surface area (Å²) in [5, 5.41) is 10.5. The average Bonchev–Trinajstić information content (AvgIpc) is 2.81. The fourth-order valence-corrected chi connectivity index (χ4v) is 4.15. The minimum Gasteiger partial charge on any atom is -0.493 e. The highest BCUT2D eigenvalue weighted by Crippen LogP contribution is 2.42. The number of halogens is 1. The zero-order chi connectivity index (χ0) is 23.7. The van der Waals surface area contributed by atoms with Crippen molar-refractivity contribution in [1.82, 2.24) is 4.57 Å². The molecule has 0 unspecified atom stereocenters. The van der Waals surface area contributed by atoms with Gasteiger partial charge in [-0.1, -0.05) is 29.8 Å². The average molecular weight is 464 g/mol. The molecule has 2 heterocycles. The first-order valence-electron chi connectivity index (χ1n) is 10.2. The molecule has 0 fully saturated rings. The quantitative estimate of drug-likeness (QED) is 0.611. The summed E-state index contributed by atoms with van der Waals surface area (Å²) in [6, 6.07) is 16.4. The molecule has 0 saturated carbocycles. The predicted molar refractivity (Wildman–Crippen MR) is 125 cm³/mol. The number of hydrogen-bond acceptors (Lipinski definition) is 6. The molecule has 0 spiro atoms. The molecule has 1 atom stereocenters. The van der Waals surface area contributed by atoms with Crippen molar-refractivity contribution in [3.8, 4) is 23.3 Å². The lowest BCUT2D eigenvalue weighted by Crippen LogP contribution is -2.33. The highest BCUT2D eigenvalue weighted by Gasteiger charge is 2.34. The maximum absolute atomic E-state index is 13.8. The summed E-state index contributed by atoms with van der Waals surface area (Å²) in [4.78, 5) is 13.8. The first kappa shape index (κ1) is 22.3. The molecule has 1 aromatic heterocycles. The molecule has 0 amide bonds. The molecule has 168 valence electrons. The Labute approximate surface area is 196 Å². The monoisotopic (exact) mass is 463 g/mol. The maximum Gasteiger partial charge on any atom is 0.259 e. The summed E-state index contributed by atoms with van der Waals surface area (Å²) in [6.45, 7) is 2.17. The fourth-order valence-electron chi connectivity index (χ4n) is 4.02. The van der Waals surface area contributed by atoms with E-state index >= 15 is 0 Å². The summed E-state index contributed by atoms with van der Waals surface area (Å²) < 4.78 is 18.1. The van der Waals surface area contributed by atoms with Gasteiger partial charge in [0, 0.05) is 16.8 Å². The van der Waals surface area contributed by atoms with Crippen LogP contribution in [0.4, 0.5) is 0 Å². The Kier molecular flexibility index (Phi) is 6.03. The predicted octanol–water partition coefficient (Wildman–Crippen LogP) is 4.09. The third kappa shape index (κ3) is 4.01. The highest BCUT2D eigenvalue weighted by molar-refractivity contribution is 6.30. The second kappa shape index (κ2) is 8.93. The van der Waals surface area contributed by atoms with Gasteiger partial charge in [0.2, 0.25) is 5.88 Å². The van der Waals surface area contributed by atoms with Gasteiger partial charge in [0.15, 0.2) is 11.5 Å². The molecule has 0 radical (unpaired) electrons. The summed E-state index contributed by atoms with van der Waals surface area (Å²) in [6.07, 6.45) is 0. The van der Waals surface area contributed by atoms with E-state index in [4.69, 9.17) is 31.5 Å². The Morgan fingerprint density at radius 3 is 2.45 bits per heavy atom. The number of methoxy groups -OCH3 is 2. The van der Waals surface area contributed by atoms with Crippen molar-refractivity contribution in [2.45, 2.75) is 19.4 Å². The van der Waals surface area contributed by atoms with Crippen molar-refractivity contribution in [1.29, 1.82) is 5.26 Å². The van der Waals surface area contributed by atoms with E-state index in [0.29, 0.717) is 45.6 Å². The second-order valence-corrected chi connectivity index (χ2v) is 8.06. The molecule has 1 aliphatic heterocycles. The summed E-state index contributed by atoms with van der Waals surface area (Å²) >= 11 is 6.00. The lowest BCUT2D eigenvalue weighted by molar-refractivity contribution is 0.354. The van der Waals surface area contributed by atoms with Gasteiger partial charge in [-0.15, -0.1) is 0 Å². The minimum atomic E-state index is -0.719. The molecule has 0 saturated heterocycles. The Morgan fingerprint density at radius 2 is 1.82 bits per heavy atom. The van der Waals surface area contributed by atoms with E-state index in [2.05, 4.69) is 6.07 Å². The Balaban J connectivity index is 1.91. The molecule has 1 aliphatic rings. The van der Waals surface area contributed by atoms with E-state index in [-0.39, 0.29) is 17.0 Å². The lowest BCUT2D eigenvalue weighted by atomic mass is 9.84. The van der Waals surface area contributed by atoms with E-state index in [1.54, 1.807) is 41.0 Å². The number of nitrogens with zero attached hydrogens (tertiary/aromatic N) is 2. The number of rotatable bonds is 5. The molecule has 7 nitrogen and oxygen atoms in total. The van der Waals surface area contributed by atoms with Crippen molar-refractivity contribution in [3.05, 3.63) is 97.7 Å². The molecule has 8 heteroatoms. The van der Waals surface area contributed by atoms with Crippen LogP contribution in [0.1, 0.15) is 28.3 Å². The minimum absolute atomic E-state index is 0.0287. The smallest absolute Gasteiger partial charge is 0.259 e. The molecule has 0 bridgehead atoms. The van der Waals surface area contributed by atoms with Gasteiger partial charge in [0.1, 0.15) is 17.4 Å². The van der Waals surface area contributed by atoms with E-state index in [0.717, 1.165) is 5.56 Å². The van der Waals surface area contributed by atoms with Crippen LogP contribution in [0.5, 0.6) is 17.2 Å². The first-order valence-corrected chi connectivity index (χ1v) is 10.5. The second-order valence-electron chi connectivity index (χ2n) is 7.62. The number of nitriles is 1. The Morgan fingerprint density at radius 1 is 1.12 bits per heavy atom. The number of ether oxygens (including phenoxy) is 3. The van der Waals surface area contributed by atoms with Crippen LogP contribution in [0.25, 0.3) is 0 Å². The molecule has 33 heavy (non-hydrogen) atoms. The van der Waals surface area contributed by atoms with Crippen LogP contribution in [0.15, 0.2) is 64.8 Å². The zero-order valence-corrected chi connectivity index (χ0v) is 19.1. The van der Waals surface area contributed by atoms with Gasteiger partial charge in [-0.3, -0.25) is 4.79 Å². The SMILES string of the molecule is COc1ccc([C@@H]2C(C#N)=C(N)Oc3cc(C)n(Cc4ccc(Cl)cc4)c(=O)c32)cc1OC. The van der Waals surface area contributed by atoms with Gasteiger partial charge in [0.25, 0.3) is 5.56 Å². The topological polar surface area (TPSA) is 99.5 Å². The van der Waals surface area contributed by atoms with Gasteiger partial charge in [-0.25, -0.2) is 0 Å². The number of aromatic nitrogens is 1. The van der Waals surface area contributed by atoms with Crippen molar-refractivity contribution in [2.75, 3.05) is 14.2 Å². The maximum atomic E-state index is 13.8. The normalized spacial score (nSPS) is 14.8. The zero-order valence-electron chi connectivity index (χ0n) is 18.4. The highest BCUT2D eigenvalue weighted by atomic mass is 35.5. The number of hydrogen-bond donors (Lipinski definition) is 1. The third-order valence-corrected chi connectivity index (χ3v) is 5.94. The fraction of sp³-hybridized carbons (Fsp3) is 0.200. The van der Waals surface area contributed by atoms with E-state index in [1.165, 1.54) is 14.2 Å². The largest absolute Gasteiger partial charge is 0.493 e. The van der Waals surface area contributed by atoms with Crippen molar-refractivity contribution in [2.24, 2.45) is 5.73 Å². The van der Waals surface area contributed by atoms with Gasteiger partial charge in [0.05, 0.1) is 32.2 Å². The number of benzene rings is 2. The molecule has 2 aromatic carbocycles. The lowest BCUT2D eigenvalue weighted by Gasteiger charge is -2.27. The van der Waals surface area contributed by atoms with E-state index < -0.39 is 5.92 Å². The molecular formula is C25H22ClN3O4. The Bertz CT molecular complexity index is 1350. The van der Waals surface area contributed by atoms with Crippen molar-refractivity contribution >= 4 is 11.6 Å². The molecule has 2 N–H and O–H groups in total. The number of allylic oxidation sites excluding steroid dienone is 1. The third-order valence-electron chi connectivity index (χ3n) is 5.68. The molecule has 3 aromatic rings. The molecular weight excluding hydrogens is 442 g/mol. The van der Waals surface area contributed by atoms with Gasteiger partial charge in [-0.2, -0.15) is 5.26 Å². The van der Waals surface area contributed by atoms with Gasteiger partial charge < -0.3 is 24.5 Å². The van der Waals surface area contributed by atoms with Crippen LogP contribution in [-0.2, 0) is 6.54 Å². The van der Waals surface area contributed by atoms with Crippen LogP contribution < -0.4 is 25.5 Å². The van der Waals surface area contributed by atoms with Crippen LogP contribution in [0.3, 0.4) is 0 Å². The summed E-state index contributed by atoms with van der Waals surface area (Å²) in [5.74, 6) is 0.601. The number of fused-ring (bicyclic) bond motifs is 1. The standard InChI is InChI=1S/C25H22ClN3O4/c1-14-10-21-23(25(30)29(14)13-15-4-7-17(26)8-5-15)22(18(12-27)24(28)33-21)16-6-9-19(31-2)20(11-16)32-3/h4-11,22H,13,28H2,1-3H3/t22-/m1/s1. The summed E-state index contributed by atoms with van der Waals surface area (Å²) in [5.41, 5.74) is 8.61. The molecule has 4 rings (SSSR count). The number of aryl methyl sites for hydroxylation is 1. The van der Waals surface area contributed by atoms with Crippen LogP contribution in [0.2, 0.25) is 5.02 Å². The van der Waals surface area contributed by atoms with Crippen molar-refractivity contribution in [3.63, 3.8) is 0 Å². The van der Waals surface area contributed by atoms with E-state index in [1.807, 2.05) is 19.1 Å². The number of pyridine rings is 1. The van der Waals surface area contributed by atoms with Crippen LogP contribution in [0, 0.1) is 18.3 Å². The van der Waals surface area contributed by atoms with Crippen LogP contribution in [-0.4, -0.2) is 18.8 Å². The van der Waals surface area contributed by atoms with Gasteiger partial charge in [-0.05, 0) is 42.3 Å². The first-order chi connectivity index (χ1) is 15.9. The molecule has 0 aliphatic carbocycles. The Hall–Kier alpha value is -3.89. The van der Waals surface area contributed by atoms with Gasteiger partial charge >= 0.3 is 0 Å². The van der Waals surface area contributed by atoms with Crippen LogP contribution >= 0.6 is 11.6 Å². The van der Waals surface area contributed by atoms with Crippen molar-refractivity contribution < 1.29 is 14.2 Å².